The van der Waals surface area contributed by atoms with Crippen LogP contribution in [-0.2, 0) is 0 Å². The molecular weight excluding hydrogens is 238 g/mol. The lowest BCUT2D eigenvalue weighted by atomic mass is 10.3. The Balaban J connectivity index is 3.08. The number of nitriles is 1. The van der Waals surface area contributed by atoms with Gasteiger partial charge in [0.05, 0.1) is 19.9 Å². The summed E-state index contributed by atoms with van der Waals surface area (Å²) in [6, 6.07) is 5.28. The predicted octanol–water partition coefficient (Wildman–Crippen LogP) is 2.12. The van der Waals surface area contributed by atoms with Crippen LogP contribution in [0.4, 0.5) is 5.69 Å². The second-order valence-electron chi connectivity index (χ2n) is 2.93. The van der Waals surface area contributed by atoms with E-state index in [1.807, 2.05) is 12.4 Å². The molecule has 1 rings (SSSR count). The van der Waals surface area contributed by atoms with Crippen LogP contribution in [0, 0.1) is 11.5 Å². The summed E-state index contributed by atoms with van der Waals surface area (Å²) in [5.41, 5.74) is 0.660. The van der Waals surface area contributed by atoms with E-state index in [2.05, 4.69) is 10.3 Å². The SMILES string of the molecule is COc1cc(N=C(NC#N)SC)cc(OC)c1. The number of hydrogen-bond acceptors (Lipinski definition) is 5. The Morgan fingerprint density at radius 3 is 2.29 bits per heavy atom. The third-order valence-corrected chi connectivity index (χ3v) is 2.50. The maximum absolute atomic E-state index is 8.54. The van der Waals surface area contributed by atoms with E-state index < -0.39 is 0 Å². The van der Waals surface area contributed by atoms with Gasteiger partial charge in [-0.3, -0.25) is 5.32 Å². The molecule has 1 aromatic carbocycles. The number of hydrogen-bond donors (Lipinski definition) is 1. The first-order valence-electron chi connectivity index (χ1n) is 4.74. The first-order valence-corrected chi connectivity index (χ1v) is 5.96. The molecule has 6 heteroatoms. The molecule has 0 aliphatic rings. The van der Waals surface area contributed by atoms with Crippen LogP contribution in [0.25, 0.3) is 0 Å². The van der Waals surface area contributed by atoms with Gasteiger partial charge < -0.3 is 9.47 Å². The van der Waals surface area contributed by atoms with Gasteiger partial charge in [0.15, 0.2) is 11.4 Å². The fraction of sp³-hybridized carbons (Fsp3) is 0.273. The molecule has 0 amide bonds. The molecule has 5 nitrogen and oxygen atoms in total. The minimum Gasteiger partial charge on any atom is -0.497 e. The van der Waals surface area contributed by atoms with Crippen molar-refractivity contribution in [2.24, 2.45) is 4.99 Å². The van der Waals surface area contributed by atoms with Crippen molar-refractivity contribution in [2.75, 3.05) is 20.5 Å². The van der Waals surface area contributed by atoms with Gasteiger partial charge in [-0.1, -0.05) is 11.8 Å². The highest BCUT2D eigenvalue weighted by molar-refractivity contribution is 8.13. The summed E-state index contributed by atoms with van der Waals surface area (Å²) < 4.78 is 10.3. The second-order valence-corrected chi connectivity index (χ2v) is 3.72. The number of nitrogens with one attached hydrogen (secondary N) is 1. The molecule has 90 valence electrons. The third kappa shape index (κ3) is 3.89. The molecule has 1 N–H and O–H groups in total. The normalized spacial score (nSPS) is 10.6. The number of rotatable bonds is 3. The van der Waals surface area contributed by atoms with Gasteiger partial charge in [0.2, 0.25) is 0 Å². The molecule has 0 atom stereocenters. The van der Waals surface area contributed by atoms with Crippen molar-refractivity contribution < 1.29 is 9.47 Å². The largest absolute Gasteiger partial charge is 0.497 e. The van der Waals surface area contributed by atoms with Gasteiger partial charge in [-0.15, -0.1) is 0 Å². The highest BCUT2D eigenvalue weighted by Crippen LogP contribution is 2.28. The van der Waals surface area contributed by atoms with Gasteiger partial charge in [0, 0.05) is 18.2 Å². The van der Waals surface area contributed by atoms with E-state index in [0.29, 0.717) is 22.4 Å². The molecule has 0 bridgehead atoms. The maximum atomic E-state index is 8.54. The number of methoxy groups -OCH3 is 2. The number of amidine groups is 1. The van der Waals surface area contributed by atoms with E-state index in [-0.39, 0.29) is 0 Å². The van der Waals surface area contributed by atoms with Gasteiger partial charge in [0.25, 0.3) is 0 Å². The Bertz CT molecular complexity index is 432. The van der Waals surface area contributed by atoms with Crippen LogP contribution in [0.2, 0.25) is 0 Å². The van der Waals surface area contributed by atoms with E-state index in [1.165, 1.54) is 11.8 Å². The molecule has 0 radical (unpaired) electrons. The van der Waals surface area contributed by atoms with Crippen LogP contribution in [0.1, 0.15) is 0 Å². The summed E-state index contributed by atoms with van der Waals surface area (Å²) in [7, 11) is 3.15. The van der Waals surface area contributed by atoms with Gasteiger partial charge in [-0.2, -0.15) is 5.26 Å². The Kier molecular flexibility index (Phi) is 5.17. The van der Waals surface area contributed by atoms with Crippen LogP contribution < -0.4 is 14.8 Å². The van der Waals surface area contributed by atoms with Crippen LogP contribution in [0.15, 0.2) is 23.2 Å². The van der Waals surface area contributed by atoms with Gasteiger partial charge >= 0.3 is 0 Å². The van der Waals surface area contributed by atoms with Crippen molar-refractivity contribution in [3.8, 4) is 17.7 Å². The van der Waals surface area contributed by atoms with E-state index in [4.69, 9.17) is 14.7 Å². The smallest absolute Gasteiger partial charge is 0.183 e. The Hall–Kier alpha value is -1.87. The number of benzene rings is 1. The van der Waals surface area contributed by atoms with Gasteiger partial charge in [0.1, 0.15) is 11.5 Å². The molecule has 1 aromatic rings. The maximum Gasteiger partial charge on any atom is 0.183 e. The molecule has 0 unspecified atom stereocenters. The minimum absolute atomic E-state index is 0.516. The zero-order valence-electron chi connectivity index (χ0n) is 9.85. The monoisotopic (exact) mass is 251 g/mol. The molecule has 0 saturated heterocycles. The van der Waals surface area contributed by atoms with E-state index in [0.717, 1.165) is 0 Å². The van der Waals surface area contributed by atoms with Crippen molar-refractivity contribution >= 4 is 22.6 Å². The van der Waals surface area contributed by atoms with Crippen LogP contribution in [0.3, 0.4) is 0 Å². The van der Waals surface area contributed by atoms with Crippen LogP contribution in [-0.4, -0.2) is 25.6 Å². The number of nitrogens with zero attached hydrogens (tertiary/aromatic N) is 2. The molecule has 0 heterocycles. The van der Waals surface area contributed by atoms with Gasteiger partial charge in [-0.05, 0) is 6.26 Å². The molecule has 0 aliphatic carbocycles. The van der Waals surface area contributed by atoms with Gasteiger partial charge in [-0.25, -0.2) is 4.99 Å². The fourth-order valence-electron chi connectivity index (χ4n) is 1.15. The van der Waals surface area contributed by atoms with Crippen molar-refractivity contribution in [2.45, 2.75) is 0 Å². The molecule has 0 fully saturated rings. The summed E-state index contributed by atoms with van der Waals surface area (Å²) in [5, 5.41) is 11.6. The van der Waals surface area contributed by atoms with Crippen LogP contribution in [0.5, 0.6) is 11.5 Å². The Morgan fingerprint density at radius 1 is 1.29 bits per heavy atom. The lowest BCUT2D eigenvalue weighted by Crippen LogP contribution is -2.12. The molecular formula is C11H13N3O2S. The molecule has 0 spiro atoms. The molecule has 17 heavy (non-hydrogen) atoms. The first kappa shape index (κ1) is 13.2. The van der Waals surface area contributed by atoms with E-state index in [9.17, 15) is 0 Å². The highest BCUT2D eigenvalue weighted by atomic mass is 32.2. The molecule has 0 aromatic heterocycles. The Labute approximate surface area is 104 Å². The average Bonchev–Trinajstić information content (AvgIpc) is 2.37. The molecule has 0 aliphatic heterocycles. The highest BCUT2D eigenvalue weighted by Gasteiger charge is 2.02. The number of aliphatic imine (C=N–C) groups is 1. The third-order valence-electron chi connectivity index (χ3n) is 1.92. The summed E-state index contributed by atoms with van der Waals surface area (Å²) in [6.07, 6.45) is 3.67. The molecule has 0 saturated carbocycles. The summed E-state index contributed by atoms with van der Waals surface area (Å²) >= 11 is 1.35. The summed E-state index contributed by atoms with van der Waals surface area (Å²) in [4.78, 5) is 4.27. The minimum atomic E-state index is 0.516. The lowest BCUT2D eigenvalue weighted by Gasteiger charge is -2.06. The van der Waals surface area contributed by atoms with E-state index >= 15 is 0 Å². The van der Waals surface area contributed by atoms with Crippen molar-refractivity contribution in [3.05, 3.63) is 18.2 Å². The quantitative estimate of drug-likeness (QED) is 0.386. The van der Waals surface area contributed by atoms with E-state index in [1.54, 1.807) is 32.4 Å². The van der Waals surface area contributed by atoms with Crippen molar-refractivity contribution in [1.29, 1.82) is 5.26 Å². The standard InChI is InChI=1S/C11H13N3O2S/c1-15-9-4-8(5-10(6-9)16-2)14-11(17-3)13-7-12/h4-6H,1-3H3,(H,13,14). The number of ether oxygens (including phenoxy) is 2. The Morgan fingerprint density at radius 2 is 1.88 bits per heavy atom. The lowest BCUT2D eigenvalue weighted by molar-refractivity contribution is 0.394. The zero-order chi connectivity index (χ0) is 12.7. The average molecular weight is 251 g/mol. The topological polar surface area (TPSA) is 66.6 Å². The first-order chi connectivity index (χ1) is 8.23. The van der Waals surface area contributed by atoms with Crippen molar-refractivity contribution in [1.82, 2.24) is 5.32 Å². The second kappa shape index (κ2) is 6.66. The summed E-state index contributed by atoms with van der Waals surface area (Å²) in [5.74, 6) is 1.31. The zero-order valence-corrected chi connectivity index (χ0v) is 10.7. The predicted molar refractivity (Wildman–Crippen MR) is 68.9 cm³/mol. The van der Waals surface area contributed by atoms with Crippen LogP contribution >= 0.6 is 11.8 Å². The fourth-order valence-corrected chi connectivity index (χ4v) is 1.49. The number of thioether (sulfide) groups is 1. The van der Waals surface area contributed by atoms with Crippen molar-refractivity contribution in [3.63, 3.8) is 0 Å². The summed E-state index contributed by atoms with van der Waals surface area (Å²) in [6.45, 7) is 0.